The summed E-state index contributed by atoms with van der Waals surface area (Å²) in [6.07, 6.45) is 1.53. The molecular weight excluding hydrogens is 241 g/mol. The number of hydrogen-bond donors (Lipinski definition) is 2. The van der Waals surface area contributed by atoms with E-state index < -0.39 is 0 Å². The Balaban J connectivity index is 2.96. The third-order valence-electron chi connectivity index (χ3n) is 1.52. The minimum atomic E-state index is -0.000944. The second-order valence-corrected chi connectivity index (χ2v) is 3.88. The largest absolute Gasteiger partial charge is 0.506 e. The van der Waals surface area contributed by atoms with Gasteiger partial charge in [0.25, 0.3) is 0 Å². The van der Waals surface area contributed by atoms with E-state index >= 15 is 0 Å². The lowest BCUT2D eigenvalue weighted by Gasteiger charge is -2.01. The molecule has 0 aromatic heterocycles. The second kappa shape index (κ2) is 5.49. The van der Waals surface area contributed by atoms with E-state index in [0.717, 1.165) is 0 Å². The zero-order chi connectivity index (χ0) is 10.6. The summed E-state index contributed by atoms with van der Waals surface area (Å²) in [7, 11) is 0. The fraction of sp³-hybridized carbons (Fsp3) is 0.222. The Morgan fingerprint density at radius 1 is 1.43 bits per heavy atom. The van der Waals surface area contributed by atoms with E-state index in [9.17, 15) is 5.11 Å². The van der Waals surface area contributed by atoms with Gasteiger partial charge in [-0.25, -0.2) is 0 Å². The molecule has 0 heterocycles. The molecule has 0 amide bonds. The molecule has 0 unspecified atom stereocenters. The molecule has 0 aliphatic rings. The van der Waals surface area contributed by atoms with Crippen LogP contribution in [0.5, 0.6) is 5.75 Å². The van der Waals surface area contributed by atoms with Crippen LogP contribution in [0.2, 0.25) is 10.0 Å². The number of aromatic hydroxyl groups is 1. The maximum absolute atomic E-state index is 9.52. The standard InChI is InChI=1S/C9H9Cl2NOS/c10-7-3-6(5-12-1-2-14)9(13)8(11)4-7/h3-5,13-14H,1-2H2. The maximum Gasteiger partial charge on any atom is 0.143 e. The van der Waals surface area contributed by atoms with Crippen molar-refractivity contribution in [2.75, 3.05) is 12.3 Å². The molecule has 1 rings (SSSR count). The van der Waals surface area contributed by atoms with Crippen molar-refractivity contribution in [1.82, 2.24) is 0 Å². The van der Waals surface area contributed by atoms with E-state index in [0.29, 0.717) is 22.9 Å². The summed E-state index contributed by atoms with van der Waals surface area (Å²) >= 11 is 15.5. The van der Waals surface area contributed by atoms with Crippen molar-refractivity contribution in [2.45, 2.75) is 0 Å². The molecular formula is C9H9Cl2NOS. The Morgan fingerprint density at radius 2 is 2.14 bits per heavy atom. The van der Waals surface area contributed by atoms with Crippen LogP contribution in [0, 0.1) is 0 Å². The summed E-state index contributed by atoms with van der Waals surface area (Å²) in [5.74, 6) is 0.657. The van der Waals surface area contributed by atoms with Crippen molar-refractivity contribution < 1.29 is 5.11 Å². The van der Waals surface area contributed by atoms with E-state index in [4.69, 9.17) is 23.2 Å². The van der Waals surface area contributed by atoms with Gasteiger partial charge in [-0.2, -0.15) is 12.6 Å². The topological polar surface area (TPSA) is 32.6 Å². The molecule has 1 aromatic rings. The predicted octanol–water partition coefficient (Wildman–Crippen LogP) is 3.05. The molecule has 0 aliphatic carbocycles. The Morgan fingerprint density at radius 3 is 2.79 bits per heavy atom. The number of hydrogen-bond acceptors (Lipinski definition) is 3. The molecule has 0 aliphatic heterocycles. The molecule has 2 nitrogen and oxygen atoms in total. The third-order valence-corrected chi connectivity index (χ3v) is 2.22. The van der Waals surface area contributed by atoms with Crippen molar-refractivity contribution >= 4 is 42.0 Å². The molecule has 0 atom stereocenters. The smallest absolute Gasteiger partial charge is 0.143 e. The highest BCUT2D eigenvalue weighted by Gasteiger charge is 2.05. The summed E-state index contributed by atoms with van der Waals surface area (Å²) < 4.78 is 0. The zero-order valence-corrected chi connectivity index (χ0v) is 9.65. The van der Waals surface area contributed by atoms with Crippen LogP contribution in [-0.4, -0.2) is 23.6 Å². The minimum absolute atomic E-state index is 0.000944. The summed E-state index contributed by atoms with van der Waals surface area (Å²) in [5.41, 5.74) is 0.518. The van der Waals surface area contributed by atoms with E-state index in [1.165, 1.54) is 12.3 Å². The molecule has 76 valence electrons. The minimum Gasteiger partial charge on any atom is -0.506 e. The lowest BCUT2D eigenvalue weighted by atomic mass is 10.2. The van der Waals surface area contributed by atoms with E-state index in [-0.39, 0.29) is 10.8 Å². The first-order chi connectivity index (χ1) is 6.65. The highest BCUT2D eigenvalue weighted by Crippen LogP contribution is 2.29. The molecule has 0 saturated carbocycles. The molecule has 0 spiro atoms. The lowest BCUT2D eigenvalue weighted by molar-refractivity contribution is 0.475. The molecule has 1 aromatic carbocycles. The van der Waals surface area contributed by atoms with Crippen LogP contribution in [0.25, 0.3) is 0 Å². The van der Waals surface area contributed by atoms with Gasteiger partial charge in [0.05, 0.1) is 5.02 Å². The maximum atomic E-state index is 9.52. The predicted molar refractivity (Wildman–Crippen MR) is 64.4 cm³/mol. The normalized spacial score (nSPS) is 11.1. The van der Waals surface area contributed by atoms with Crippen molar-refractivity contribution in [1.29, 1.82) is 0 Å². The van der Waals surface area contributed by atoms with Crippen LogP contribution >= 0.6 is 35.8 Å². The van der Waals surface area contributed by atoms with Gasteiger partial charge >= 0.3 is 0 Å². The molecule has 1 N–H and O–H groups in total. The van der Waals surface area contributed by atoms with Crippen LogP contribution in [-0.2, 0) is 0 Å². The second-order valence-electron chi connectivity index (χ2n) is 2.58. The number of aliphatic imine (C=N–C) groups is 1. The quantitative estimate of drug-likeness (QED) is 0.627. The fourth-order valence-electron chi connectivity index (χ4n) is 0.905. The first kappa shape index (κ1) is 11.7. The Hall–Kier alpha value is -0.380. The molecule has 0 bridgehead atoms. The van der Waals surface area contributed by atoms with Gasteiger partial charge in [0.15, 0.2) is 0 Å². The van der Waals surface area contributed by atoms with E-state index in [1.54, 1.807) is 6.07 Å². The van der Waals surface area contributed by atoms with Gasteiger partial charge in [-0.1, -0.05) is 23.2 Å². The summed E-state index contributed by atoms with van der Waals surface area (Å²) in [6.45, 7) is 0.590. The highest BCUT2D eigenvalue weighted by atomic mass is 35.5. The number of phenolic OH excluding ortho intramolecular Hbond substituents is 1. The van der Waals surface area contributed by atoms with Crippen LogP contribution in [0.15, 0.2) is 17.1 Å². The summed E-state index contributed by atoms with van der Waals surface area (Å²) in [5, 5.41) is 10.2. The Labute approximate surface area is 98.0 Å². The number of rotatable bonds is 3. The average Bonchev–Trinajstić information content (AvgIpc) is 2.13. The summed E-state index contributed by atoms with van der Waals surface area (Å²) in [4.78, 5) is 4.02. The lowest BCUT2D eigenvalue weighted by Crippen LogP contribution is -1.87. The van der Waals surface area contributed by atoms with Gasteiger partial charge in [0.2, 0.25) is 0 Å². The van der Waals surface area contributed by atoms with Crippen LogP contribution < -0.4 is 0 Å². The number of nitrogens with zero attached hydrogens (tertiary/aromatic N) is 1. The monoisotopic (exact) mass is 249 g/mol. The number of phenols is 1. The van der Waals surface area contributed by atoms with Crippen molar-refractivity contribution in [3.05, 3.63) is 27.7 Å². The highest BCUT2D eigenvalue weighted by molar-refractivity contribution is 7.80. The molecule has 0 fully saturated rings. The first-order valence-corrected chi connectivity index (χ1v) is 5.32. The van der Waals surface area contributed by atoms with Gasteiger partial charge in [0, 0.05) is 29.1 Å². The van der Waals surface area contributed by atoms with Gasteiger partial charge in [-0.3, -0.25) is 4.99 Å². The Bertz CT molecular complexity index is 355. The molecule has 14 heavy (non-hydrogen) atoms. The van der Waals surface area contributed by atoms with Crippen LogP contribution in [0.4, 0.5) is 0 Å². The SMILES string of the molecule is Oc1c(Cl)cc(Cl)cc1C=NCCS. The number of thiol groups is 1. The summed E-state index contributed by atoms with van der Waals surface area (Å²) in [6, 6.07) is 3.08. The van der Waals surface area contributed by atoms with E-state index in [1.807, 2.05) is 0 Å². The average molecular weight is 250 g/mol. The van der Waals surface area contributed by atoms with Gasteiger partial charge < -0.3 is 5.11 Å². The Kier molecular flexibility index (Phi) is 4.58. The van der Waals surface area contributed by atoms with Gasteiger partial charge in [0.1, 0.15) is 5.75 Å². The van der Waals surface area contributed by atoms with Gasteiger partial charge in [-0.15, -0.1) is 0 Å². The first-order valence-electron chi connectivity index (χ1n) is 3.94. The van der Waals surface area contributed by atoms with Crippen LogP contribution in [0.1, 0.15) is 5.56 Å². The van der Waals surface area contributed by atoms with E-state index in [2.05, 4.69) is 17.6 Å². The molecule has 5 heteroatoms. The van der Waals surface area contributed by atoms with Crippen molar-refractivity contribution in [3.8, 4) is 5.75 Å². The van der Waals surface area contributed by atoms with Crippen molar-refractivity contribution in [2.24, 2.45) is 4.99 Å². The zero-order valence-electron chi connectivity index (χ0n) is 7.24. The fourth-order valence-corrected chi connectivity index (χ4v) is 1.53. The number of benzene rings is 1. The number of halogens is 2. The molecule has 0 saturated heterocycles. The van der Waals surface area contributed by atoms with Crippen molar-refractivity contribution in [3.63, 3.8) is 0 Å². The molecule has 0 radical (unpaired) electrons. The van der Waals surface area contributed by atoms with Gasteiger partial charge in [-0.05, 0) is 12.1 Å². The van der Waals surface area contributed by atoms with Crippen LogP contribution in [0.3, 0.4) is 0 Å². The third kappa shape index (κ3) is 3.08.